The Hall–Kier alpha value is -1.81. The molecule has 3 rings (SSSR count). The van der Waals surface area contributed by atoms with Crippen LogP contribution in [0.1, 0.15) is 32.0 Å². The third-order valence-corrected chi connectivity index (χ3v) is 3.31. The van der Waals surface area contributed by atoms with Gasteiger partial charge < -0.3 is 10.7 Å². The molecule has 0 atom stereocenters. The number of aromatic nitrogens is 3. The van der Waals surface area contributed by atoms with E-state index in [1.165, 1.54) is 5.56 Å². The molecule has 0 aliphatic heterocycles. The SMILES string of the molecule is CC(C)(C)c1cccc2c1nc1[nH]c(CN)cn12. The summed E-state index contributed by atoms with van der Waals surface area (Å²) in [5.74, 6) is 0.863. The second kappa shape index (κ2) is 3.59. The van der Waals surface area contributed by atoms with Gasteiger partial charge >= 0.3 is 0 Å². The smallest absolute Gasteiger partial charge is 0.212 e. The first-order valence-corrected chi connectivity index (χ1v) is 6.20. The summed E-state index contributed by atoms with van der Waals surface area (Å²) in [4.78, 5) is 7.94. The average Bonchev–Trinajstić information content (AvgIpc) is 2.83. The first-order valence-electron chi connectivity index (χ1n) is 6.20. The largest absolute Gasteiger partial charge is 0.326 e. The Morgan fingerprint density at radius 1 is 1.33 bits per heavy atom. The first-order chi connectivity index (χ1) is 8.50. The maximum Gasteiger partial charge on any atom is 0.212 e. The maximum atomic E-state index is 5.64. The molecular weight excluding hydrogens is 224 g/mol. The van der Waals surface area contributed by atoms with E-state index < -0.39 is 0 Å². The van der Waals surface area contributed by atoms with Crippen LogP contribution in [0.2, 0.25) is 0 Å². The van der Waals surface area contributed by atoms with E-state index in [0.717, 1.165) is 22.5 Å². The average molecular weight is 242 g/mol. The number of rotatable bonds is 1. The van der Waals surface area contributed by atoms with Crippen LogP contribution in [-0.4, -0.2) is 14.4 Å². The quantitative estimate of drug-likeness (QED) is 0.689. The van der Waals surface area contributed by atoms with Gasteiger partial charge in [0.1, 0.15) is 0 Å². The fourth-order valence-electron chi connectivity index (χ4n) is 2.38. The van der Waals surface area contributed by atoms with Crippen molar-refractivity contribution in [3.8, 4) is 0 Å². The predicted molar refractivity (Wildman–Crippen MR) is 73.6 cm³/mol. The molecule has 3 N–H and O–H groups in total. The molecule has 0 fully saturated rings. The van der Waals surface area contributed by atoms with Crippen LogP contribution >= 0.6 is 0 Å². The van der Waals surface area contributed by atoms with Crippen molar-refractivity contribution in [3.63, 3.8) is 0 Å². The van der Waals surface area contributed by atoms with Crippen molar-refractivity contribution in [2.45, 2.75) is 32.7 Å². The highest BCUT2D eigenvalue weighted by atomic mass is 15.1. The molecule has 0 aliphatic rings. The van der Waals surface area contributed by atoms with Gasteiger partial charge in [0, 0.05) is 18.4 Å². The van der Waals surface area contributed by atoms with E-state index >= 15 is 0 Å². The molecule has 4 nitrogen and oxygen atoms in total. The van der Waals surface area contributed by atoms with E-state index in [0.29, 0.717) is 6.54 Å². The summed E-state index contributed by atoms with van der Waals surface area (Å²) in [6.07, 6.45) is 2.02. The number of imidazole rings is 2. The Morgan fingerprint density at radius 3 is 2.78 bits per heavy atom. The fourth-order valence-corrected chi connectivity index (χ4v) is 2.38. The van der Waals surface area contributed by atoms with Gasteiger partial charge in [0.25, 0.3) is 0 Å². The minimum absolute atomic E-state index is 0.0928. The molecule has 18 heavy (non-hydrogen) atoms. The summed E-state index contributed by atoms with van der Waals surface area (Å²) in [5.41, 5.74) is 10.2. The number of aromatic amines is 1. The van der Waals surface area contributed by atoms with Gasteiger partial charge in [0.2, 0.25) is 5.78 Å². The predicted octanol–water partition coefficient (Wildman–Crippen LogP) is 2.57. The zero-order chi connectivity index (χ0) is 12.9. The summed E-state index contributed by atoms with van der Waals surface area (Å²) >= 11 is 0. The molecule has 0 unspecified atom stereocenters. The summed E-state index contributed by atoms with van der Waals surface area (Å²) in [6, 6.07) is 6.34. The molecule has 94 valence electrons. The highest BCUT2D eigenvalue weighted by Gasteiger charge is 2.19. The number of nitrogens with one attached hydrogen (secondary N) is 1. The zero-order valence-corrected chi connectivity index (χ0v) is 11.0. The Bertz CT molecular complexity index is 712. The van der Waals surface area contributed by atoms with E-state index in [1.54, 1.807) is 0 Å². The summed E-state index contributed by atoms with van der Waals surface area (Å²) < 4.78 is 2.08. The number of para-hydroxylation sites is 1. The van der Waals surface area contributed by atoms with Crippen LogP contribution in [0.5, 0.6) is 0 Å². The van der Waals surface area contributed by atoms with Crippen LogP contribution in [0.25, 0.3) is 16.8 Å². The lowest BCUT2D eigenvalue weighted by atomic mass is 9.86. The summed E-state index contributed by atoms with van der Waals surface area (Å²) in [6.45, 7) is 7.13. The molecule has 0 saturated carbocycles. The molecule has 2 aromatic heterocycles. The van der Waals surface area contributed by atoms with Gasteiger partial charge in [-0.3, -0.25) is 4.40 Å². The molecule has 0 aliphatic carbocycles. The van der Waals surface area contributed by atoms with E-state index in [2.05, 4.69) is 48.4 Å². The van der Waals surface area contributed by atoms with Crippen molar-refractivity contribution in [2.75, 3.05) is 0 Å². The van der Waals surface area contributed by atoms with E-state index in [4.69, 9.17) is 10.7 Å². The highest BCUT2D eigenvalue weighted by Crippen LogP contribution is 2.29. The van der Waals surface area contributed by atoms with Gasteiger partial charge in [-0.2, -0.15) is 0 Å². The van der Waals surface area contributed by atoms with Gasteiger partial charge in [-0.05, 0) is 17.0 Å². The minimum atomic E-state index is 0.0928. The number of benzene rings is 1. The Morgan fingerprint density at radius 2 is 2.11 bits per heavy atom. The fraction of sp³-hybridized carbons (Fsp3) is 0.357. The molecule has 4 heteroatoms. The third kappa shape index (κ3) is 1.53. The first kappa shape index (κ1) is 11.3. The summed E-state index contributed by atoms with van der Waals surface area (Å²) in [7, 11) is 0. The van der Waals surface area contributed by atoms with Gasteiger partial charge in [0.15, 0.2) is 0 Å². The van der Waals surface area contributed by atoms with E-state index in [-0.39, 0.29) is 5.41 Å². The van der Waals surface area contributed by atoms with E-state index in [1.807, 2.05) is 6.20 Å². The monoisotopic (exact) mass is 242 g/mol. The van der Waals surface area contributed by atoms with Gasteiger partial charge in [-0.1, -0.05) is 32.9 Å². The maximum absolute atomic E-state index is 5.64. The van der Waals surface area contributed by atoms with Crippen LogP contribution in [0.3, 0.4) is 0 Å². The molecule has 0 saturated heterocycles. The van der Waals surface area contributed by atoms with Crippen LogP contribution < -0.4 is 5.73 Å². The number of hydrogen-bond donors (Lipinski definition) is 2. The molecule has 0 spiro atoms. The third-order valence-electron chi connectivity index (χ3n) is 3.31. The molecule has 3 aromatic rings. The number of nitrogens with two attached hydrogens (primary N) is 1. The van der Waals surface area contributed by atoms with Crippen LogP contribution in [0.4, 0.5) is 0 Å². The second-order valence-corrected chi connectivity index (χ2v) is 5.71. The molecule has 0 radical (unpaired) electrons. The van der Waals surface area contributed by atoms with Crippen molar-refractivity contribution < 1.29 is 0 Å². The van der Waals surface area contributed by atoms with Crippen molar-refractivity contribution in [1.82, 2.24) is 14.4 Å². The van der Waals surface area contributed by atoms with Crippen molar-refractivity contribution >= 4 is 16.8 Å². The van der Waals surface area contributed by atoms with Gasteiger partial charge in [-0.15, -0.1) is 0 Å². The van der Waals surface area contributed by atoms with Gasteiger partial charge in [0.05, 0.1) is 11.0 Å². The Balaban J connectivity index is 2.37. The second-order valence-electron chi connectivity index (χ2n) is 5.71. The van der Waals surface area contributed by atoms with Crippen LogP contribution in [0.15, 0.2) is 24.4 Å². The van der Waals surface area contributed by atoms with E-state index in [9.17, 15) is 0 Å². The molecular formula is C14H18N4. The normalized spacial score (nSPS) is 12.7. The van der Waals surface area contributed by atoms with Crippen LogP contribution in [0, 0.1) is 0 Å². The zero-order valence-electron chi connectivity index (χ0n) is 11.0. The number of hydrogen-bond acceptors (Lipinski definition) is 2. The van der Waals surface area contributed by atoms with Crippen molar-refractivity contribution in [1.29, 1.82) is 0 Å². The lowest BCUT2D eigenvalue weighted by molar-refractivity contribution is 0.595. The molecule has 0 amide bonds. The lowest BCUT2D eigenvalue weighted by Crippen LogP contribution is -2.11. The Labute approximate surface area is 106 Å². The van der Waals surface area contributed by atoms with Crippen molar-refractivity contribution in [3.05, 3.63) is 35.7 Å². The standard InChI is InChI=1S/C14H18N4/c1-14(2,3)10-5-4-6-11-12(10)17-13-16-9(7-15)8-18(11)13/h4-6,8H,7,15H2,1-3H3,(H,16,17). The highest BCUT2D eigenvalue weighted by molar-refractivity contribution is 5.83. The van der Waals surface area contributed by atoms with Gasteiger partial charge in [-0.25, -0.2) is 4.98 Å². The molecule has 2 heterocycles. The molecule has 1 aromatic carbocycles. The number of H-pyrrole nitrogens is 1. The summed E-state index contributed by atoms with van der Waals surface area (Å²) in [5, 5.41) is 0. The topological polar surface area (TPSA) is 59.1 Å². The lowest BCUT2D eigenvalue weighted by Gasteiger charge is -2.19. The number of nitrogens with zero attached hydrogens (tertiary/aromatic N) is 2. The Kier molecular flexibility index (Phi) is 2.25. The number of fused-ring (bicyclic) bond motifs is 3. The van der Waals surface area contributed by atoms with Crippen molar-refractivity contribution in [2.24, 2.45) is 5.73 Å². The van der Waals surface area contributed by atoms with Crippen LogP contribution in [-0.2, 0) is 12.0 Å². The minimum Gasteiger partial charge on any atom is -0.326 e. The molecule has 0 bridgehead atoms.